The number of ether oxygens (including phenoxy) is 1. The van der Waals surface area contributed by atoms with E-state index in [2.05, 4.69) is 25.3 Å². The van der Waals surface area contributed by atoms with Crippen LogP contribution in [0.15, 0.2) is 29.2 Å². The average Bonchev–Trinajstić information content (AvgIpc) is 3.04. The lowest BCUT2D eigenvalue weighted by atomic mass is 10.2. The Bertz CT molecular complexity index is 930. The summed E-state index contributed by atoms with van der Waals surface area (Å²) in [6.07, 6.45) is 1.86. The zero-order valence-corrected chi connectivity index (χ0v) is 14.6. The third-order valence-electron chi connectivity index (χ3n) is 3.96. The summed E-state index contributed by atoms with van der Waals surface area (Å²) in [6, 6.07) is 5.55. The predicted octanol–water partition coefficient (Wildman–Crippen LogP) is 1.30. The Labute approximate surface area is 148 Å². The third kappa shape index (κ3) is 3.47. The summed E-state index contributed by atoms with van der Waals surface area (Å²) in [7, 11) is 0. The van der Waals surface area contributed by atoms with Crippen molar-refractivity contribution in [3.8, 4) is 0 Å². The van der Waals surface area contributed by atoms with E-state index < -0.39 is 0 Å². The molecule has 1 aliphatic rings. The smallest absolute Gasteiger partial charge is 0.275 e. The molecule has 9 heteroatoms. The number of aryl methyl sites for hydroxylation is 1. The maximum atomic E-state index is 11.9. The minimum Gasteiger partial charge on any atom is -0.378 e. The number of aromatic nitrogens is 4. The molecule has 1 N–H and O–H groups in total. The first-order valence-electron chi connectivity index (χ1n) is 8.08. The lowest BCUT2D eigenvalue weighted by Gasteiger charge is -2.27. The Morgan fingerprint density at radius 2 is 2.16 bits per heavy atom. The Morgan fingerprint density at radius 1 is 1.32 bits per heavy atom. The molecular weight excluding hydrogens is 340 g/mol. The van der Waals surface area contributed by atoms with Gasteiger partial charge < -0.3 is 15.0 Å². The SMILES string of the molecule is Cc1cc(=O)n2nc(NCc3ccc(N4CCOCC4)nc3)sc2n1. The summed E-state index contributed by atoms with van der Waals surface area (Å²) in [6.45, 7) is 5.62. The highest BCUT2D eigenvalue weighted by atomic mass is 32.1. The number of hydrogen-bond acceptors (Lipinski definition) is 8. The first kappa shape index (κ1) is 16.0. The van der Waals surface area contributed by atoms with Gasteiger partial charge in [0.15, 0.2) is 0 Å². The number of morpholine rings is 1. The highest BCUT2D eigenvalue weighted by molar-refractivity contribution is 7.20. The Hall–Kier alpha value is -2.52. The lowest BCUT2D eigenvalue weighted by Crippen LogP contribution is -2.36. The molecule has 0 bridgehead atoms. The summed E-state index contributed by atoms with van der Waals surface area (Å²) in [4.78, 5) is 23.6. The van der Waals surface area contributed by atoms with E-state index in [-0.39, 0.29) is 5.56 Å². The predicted molar refractivity (Wildman–Crippen MR) is 96.5 cm³/mol. The molecule has 0 unspecified atom stereocenters. The second-order valence-electron chi connectivity index (χ2n) is 5.81. The van der Waals surface area contributed by atoms with Gasteiger partial charge in [0.05, 0.1) is 13.2 Å². The topological polar surface area (TPSA) is 84.7 Å². The van der Waals surface area contributed by atoms with Gasteiger partial charge >= 0.3 is 0 Å². The van der Waals surface area contributed by atoms with Crippen LogP contribution in [0.2, 0.25) is 0 Å². The maximum absolute atomic E-state index is 11.9. The summed E-state index contributed by atoms with van der Waals surface area (Å²) in [5.74, 6) is 0.971. The molecule has 4 heterocycles. The molecule has 0 amide bonds. The van der Waals surface area contributed by atoms with Crippen LogP contribution in [0.1, 0.15) is 11.3 Å². The monoisotopic (exact) mass is 358 g/mol. The summed E-state index contributed by atoms with van der Waals surface area (Å²) in [5.41, 5.74) is 1.58. The van der Waals surface area contributed by atoms with Gasteiger partial charge in [-0.1, -0.05) is 17.4 Å². The molecule has 8 nitrogen and oxygen atoms in total. The molecule has 1 saturated heterocycles. The van der Waals surface area contributed by atoms with E-state index in [1.165, 1.54) is 21.9 Å². The summed E-state index contributed by atoms with van der Waals surface area (Å²) in [5, 5.41) is 8.16. The van der Waals surface area contributed by atoms with Crippen LogP contribution in [0.4, 0.5) is 10.9 Å². The van der Waals surface area contributed by atoms with Crippen molar-refractivity contribution in [2.24, 2.45) is 0 Å². The van der Waals surface area contributed by atoms with Gasteiger partial charge in [-0.25, -0.2) is 9.97 Å². The van der Waals surface area contributed by atoms with E-state index in [1.807, 2.05) is 18.3 Å². The van der Waals surface area contributed by atoms with Crippen molar-refractivity contribution in [2.45, 2.75) is 13.5 Å². The van der Waals surface area contributed by atoms with Crippen molar-refractivity contribution < 1.29 is 4.74 Å². The highest BCUT2D eigenvalue weighted by Crippen LogP contribution is 2.18. The zero-order valence-electron chi connectivity index (χ0n) is 13.8. The van der Waals surface area contributed by atoms with Crippen LogP contribution < -0.4 is 15.8 Å². The minimum atomic E-state index is -0.164. The van der Waals surface area contributed by atoms with Gasteiger partial charge in [-0.05, 0) is 18.6 Å². The molecule has 1 aliphatic heterocycles. The number of nitrogens with one attached hydrogen (secondary N) is 1. The molecule has 3 aromatic rings. The second kappa shape index (κ2) is 6.77. The number of rotatable bonds is 4. The molecule has 0 aliphatic carbocycles. The van der Waals surface area contributed by atoms with Crippen LogP contribution in [0.25, 0.3) is 4.96 Å². The second-order valence-corrected chi connectivity index (χ2v) is 6.77. The first-order chi connectivity index (χ1) is 12.2. The van der Waals surface area contributed by atoms with E-state index in [4.69, 9.17) is 4.74 Å². The molecule has 130 valence electrons. The molecule has 3 aromatic heterocycles. The average molecular weight is 358 g/mol. The number of hydrogen-bond donors (Lipinski definition) is 1. The van der Waals surface area contributed by atoms with Crippen molar-refractivity contribution in [1.82, 2.24) is 19.6 Å². The lowest BCUT2D eigenvalue weighted by molar-refractivity contribution is 0.122. The zero-order chi connectivity index (χ0) is 17.2. The van der Waals surface area contributed by atoms with Crippen molar-refractivity contribution in [2.75, 3.05) is 36.5 Å². The van der Waals surface area contributed by atoms with Crippen molar-refractivity contribution >= 4 is 27.2 Å². The van der Waals surface area contributed by atoms with Crippen LogP contribution in [0.5, 0.6) is 0 Å². The van der Waals surface area contributed by atoms with Crippen LogP contribution in [-0.2, 0) is 11.3 Å². The van der Waals surface area contributed by atoms with E-state index in [0.29, 0.717) is 22.3 Å². The van der Waals surface area contributed by atoms with Gasteiger partial charge in [0.1, 0.15) is 5.82 Å². The van der Waals surface area contributed by atoms with Crippen molar-refractivity contribution in [3.05, 3.63) is 46.0 Å². The van der Waals surface area contributed by atoms with Crippen molar-refractivity contribution in [3.63, 3.8) is 0 Å². The number of nitrogens with zero attached hydrogens (tertiary/aromatic N) is 5. The van der Waals surface area contributed by atoms with E-state index in [1.54, 1.807) is 6.92 Å². The number of fused-ring (bicyclic) bond motifs is 1. The minimum absolute atomic E-state index is 0.164. The molecule has 25 heavy (non-hydrogen) atoms. The Kier molecular flexibility index (Phi) is 4.33. The van der Waals surface area contributed by atoms with Gasteiger partial charge in [-0.15, -0.1) is 5.10 Å². The first-order valence-corrected chi connectivity index (χ1v) is 8.90. The highest BCUT2D eigenvalue weighted by Gasteiger charge is 2.12. The molecule has 0 saturated carbocycles. The van der Waals surface area contributed by atoms with Crippen LogP contribution in [0, 0.1) is 6.92 Å². The van der Waals surface area contributed by atoms with Crippen LogP contribution >= 0.6 is 11.3 Å². The molecule has 1 fully saturated rings. The fourth-order valence-corrected chi connectivity index (χ4v) is 3.52. The molecule has 0 aromatic carbocycles. The van der Waals surface area contributed by atoms with E-state index in [0.717, 1.165) is 37.7 Å². The fourth-order valence-electron chi connectivity index (χ4n) is 2.67. The standard InChI is InChI=1S/C16H18N6O2S/c1-11-8-14(23)22-16(19-11)25-15(20-22)18-10-12-2-3-13(17-9-12)21-4-6-24-7-5-21/h2-3,8-9H,4-7,10H2,1H3,(H,18,20). The Balaban J connectivity index is 1.44. The molecular formula is C16H18N6O2S. The Morgan fingerprint density at radius 3 is 2.92 bits per heavy atom. The van der Waals surface area contributed by atoms with Crippen molar-refractivity contribution in [1.29, 1.82) is 0 Å². The van der Waals surface area contributed by atoms with Gasteiger partial charge in [-0.3, -0.25) is 4.79 Å². The molecule has 0 radical (unpaired) electrons. The quantitative estimate of drug-likeness (QED) is 0.752. The molecule has 0 atom stereocenters. The maximum Gasteiger partial charge on any atom is 0.275 e. The van der Waals surface area contributed by atoms with Crippen LogP contribution in [-0.4, -0.2) is 45.9 Å². The number of pyridine rings is 1. The van der Waals surface area contributed by atoms with Gasteiger partial charge in [0.2, 0.25) is 10.1 Å². The largest absolute Gasteiger partial charge is 0.378 e. The van der Waals surface area contributed by atoms with Gasteiger partial charge in [-0.2, -0.15) is 4.52 Å². The normalized spacial score (nSPS) is 14.8. The van der Waals surface area contributed by atoms with E-state index >= 15 is 0 Å². The van der Waals surface area contributed by atoms with Gasteiger partial charge in [0, 0.05) is 37.6 Å². The van der Waals surface area contributed by atoms with E-state index in [9.17, 15) is 4.79 Å². The summed E-state index contributed by atoms with van der Waals surface area (Å²) >= 11 is 1.36. The fraction of sp³-hybridized carbons (Fsp3) is 0.375. The van der Waals surface area contributed by atoms with Crippen LogP contribution in [0.3, 0.4) is 0 Å². The molecule has 4 rings (SSSR count). The summed E-state index contributed by atoms with van der Waals surface area (Å²) < 4.78 is 6.68. The molecule has 0 spiro atoms. The number of anilines is 2. The van der Waals surface area contributed by atoms with Gasteiger partial charge in [0.25, 0.3) is 5.56 Å². The third-order valence-corrected chi connectivity index (χ3v) is 4.83.